The molecular weight excluding hydrogens is 390 g/mol. The average molecular weight is 407 g/mol. The van der Waals surface area contributed by atoms with E-state index in [4.69, 9.17) is 19.9 Å². The largest absolute Gasteiger partial charge is 0.503 e. The molecule has 30 heavy (non-hydrogen) atoms. The van der Waals surface area contributed by atoms with Gasteiger partial charge in [-0.1, -0.05) is 30.3 Å². The lowest BCUT2D eigenvalue weighted by molar-refractivity contribution is -0.130. The minimum atomic E-state index is -1.18. The molecule has 0 radical (unpaired) electrons. The van der Waals surface area contributed by atoms with Gasteiger partial charge in [-0.15, -0.1) is 0 Å². The maximum Gasteiger partial charge on any atom is 0.339 e. The van der Waals surface area contributed by atoms with Gasteiger partial charge in [-0.05, 0) is 18.2 Å². The smallest absolute Gasteiger partial charge is 0.339 e. The Labute approximate surface area is 171 Å². The zero-order chi connectivity index (χ0) is 21.5. The van der Waals surface area contributed by atoms with Crippen LogP contribution in [-0.4, -0.2) is 34.1 Å². The number of nitrogens with zero attached hydrogens (tertiary/aromatic N) is 2. The summed E-state index contributed by atoms with van der Waals surface area (Å²) in [6.45, 7) is 0. The molecule has 0 saturated heterocycles. The van der Waals surface area contributed by atoms with E-state index in [1.807, 2.05) is 0 Å². The van der Waals surface area contributed by atoms with E-state index in [1.165, 1.54) is 25.6 Å². The number of ether oxygens (including phenoxy) is 3. The first-order chi connectivity index (χ1) is 14.5. The number of carbonyl (C=O) groups is 2. The molecule has 152 valence electrons. The molecule has 0 aliphatic rings. The second kappa shape index (κ2) is 9.20. The number of rotatable bonds is 8. The Bertz CT molecular complexity index is 1110. The highest BCUT2D eigenvalue weighted by atomic mass is 16.5. The van der Waals surface area contributed by atoms with E-state index in [0.29, 0.717) is 5.56 Å². The van der Waals surface area contributed by atoms with Crippen LogP contribution in [0.25, 0.3) is 5.57 Å². The van der Waals surface area contributed by atoms with Crippen LogP contribution in [0.3, 0.4) is 0 Å². The Morgan fingerprint density at radius 2 is 1.47 bits per heavy atom. The van der Waals surface area contributed by atoms with Crippen LogP contribution in [0, 0.1) is 0 Å². The second-order valence-electron chi connectivity index (χ2n) is 5.83. The third-order valence-corrected chi connectivity index (χ3v) is 3.84. The number of carboxylic acid groups (broad SMARTS) is 1. The number of benzene rings is 2. The summed E-state index contributed by atoms with van der Waals surface area (Å²) in [5, 5.41) is 9.44. The van der Waals surface area contributed by atoms with Crippen molar-refractivity contribution in [3.8, 4) is 23.3 Å². The van der Waals surface area contributed by atoms with Crippen LogP contribution in [0.2, 0.25) is 0 Å². The Balaban J connectivity index is 1.90. The molecule has 3 rings (SSSR count). The molecule has 3 aromatic rings. The van der Waals surface area contributed by atoms with Crippen molar-refractivity contribution in [2.75, 3.05) is 7.11 Å². The van der Waals surface area contributed by atoms with E-state index in [0.717, 1.165) is 6.26 Å². The predicted molar refractivity (Wildman–Crippen MR) is 106 cm³/mol. The minimum Gasteiger partial charge on any atom is -0.503 e. The summed E-state index contributed by atoms with van der Waals surface area (Å²) < 4.78 is 16.3. The van der Waals surface area contributed by atoms with Gasteiger partial charge in [0.2, 0.25) is 11.8 Å². The maximum atomic E-state index is 11.6. The summed E-state index contributed by atoms with van der Waals surface area (Å²) in [5.74, 6) is -1.14. The molecule has 0 saturated carbocycles. The Morgan fingerprint density at radius 1 is 0.933 bits per heavy atom. The van der Waals surface area contributed by atoms with Crippen molar-refractivity contribution in [1.82, 2.24) is 9.97 Å². The summed E-state index contributed by atoms with van der Waals surface area (Å²) in [7, 11) is 1.35. The molecule has 1 heterocycles. The highest BCUT2D eigenvalue weighted by Crippen LogP contribution is 2.31. The van der Waals surface area contributed by atoms with Gasteiger partial charge in [-0.25, -0.2) is 14.8 Å². The molecule has 3 N–H and O–H groups in total. The molecule has 9 heteroatoms. The zero-order valence-corrected chi connectivity index (χ0v) is 15.8. The lowest BCUT2D eigenvalue weighted by atomic mass is 10.1. The molecule has 0 aliphatic heterocycles. The fourth-order valence-electron chi connectivity index (χ4n) is 2.54. The molecule has 9 nitrogen and oxygen atoms in total. The number of nitrogens with two attached hydrogens (primary N) is 1. The highest BCUT2D eigenvalue weighted by Gasteiger charge is 2.17. The van der Waals surface area contributed by atoms with Gasteiger partial charge < -0.3 is 25.1 Å². The number of hydrogen-bond acceptors (Lipinski definition) is 7. The van der Waals surface area contributed by atoms with E-state index >= 15 is 0 Å². The van der Waals surface area contributed by atoms with E-state index in [2.05, 4.69) is 9.97 Å². The van der Waals surface area contributed by atoms with Crippen molar-refractivity contribution in [1.29, 1.82) is 0 Å². The van der Waals surface area contributed by atoms with Crippen LogP contribution in [0.4, 0.5) is 0 Å². The fraction of sp³-hybridized carbons (Fsp3) is 0.0476. The third kappa shape index (κ3) is 4.71. The van der Waals surface area contributed by atoms with E-state index in [9.17, 15) is 14.7 Å². The summed E-state index contributed by atoms with van der Waals surface area (Å²) >= 11 is 0. The molecule has 0 spiro atoms. The van der Waals surface area contributed by atoms with E-state index in [-0.39, 0.29) is 34.4 Å². The Morgan fingerprint density at radius 3 is 2.00 bits per heavy atom. The Hall–Kier alpha value is -4.40. The summed E-state index contributed by atoms with van der Waals surface area (Å²) in [6, 6.07) is 14.4. The standard InChI is InChI=1S/C21H17N3O6/c1-28-11-15(21(26)27)13-6-2-4-8-16(13)29-18-10-19(24-12-23-18)30-17-9-5-3-7-14(17)20(22)25/h2-12H,1H3,(H2,22,25)(H,26,27)/b15-11+. The molecular formula is C21H17N3O6. The van der Waals surface area contributed by atoms with Gasteiger partial charge in [0, 0.05) is 5.56 Å². The number of carbonyl (C=O) groups excluding carboxylic acids is 1. The normalized spacial score (nSPS) is 10.9. The highest BCUT2D eigenvalue weighted by molar-refractivity contribution is 6.15. The van der Waals surface area contributed by atoms with Gasteiger partial charge in [0.05, 0.1) is 25.0 Å². The zero-order valence-electron chi connectivity index (χ0n) is 15.8. The van der Waals surface area contributed by atoms with Crippen molar-refractivity contribution in [2.24, 2.45) is 5.73 Å². The lowest BCUT2D eigenvalue weighted by Gasteiger charge is -2.12. The number of hydrogen-bond donors (Lipinski definition) is 2. The van der Waals surface area contributed by atoms with Crippen LogP contribution >= 0.6 is 0 Å². The first-order valence-corrected chi connectivity index (χ1v) is 8.62. The maximum absolute atomic E-state index is 11.6. The van der Waals surface area contributed by atoms with Crippen LogP contribution in [-0.2, 0) is 9.53 Å². The van der Waals surface area contributed by atoms with Crippen molar-refractivity contribution in [3.63, 3.8) is 0 Å². The number of primary amides is 1. The van der Waals surface area contributed by atoms with Gasteiger partial charge >= 0.3 is 5.97 Å². The summed E-state index contributed by atoms with van der Waals surface area (Å²) in [6.07, 6.45) is 2.32. The van der Waals surface area contributed by atoms with E-state index < -0.39 is 11.9 Å². The topological polar surface area (TPSA) is 134 Å². The Kier molecular flexibility index (Phi) is 6.23. The predicted octanol–water partition coefficient (Wildman–Crippen LogP) is 3.23. The minimum absolute atomic E-state index is 0.0889. The van der Waals surface area contributed by atoms with Crippen molar-refractivity contribution >= 4 is 17.4 Å². The number of amides is 1. The average Bonchev–Trinajstić information content (AvgIpc) is 2.73. The van der Waals surface area contributed by atoms with E-state index in [1.54, 1.807) is 42.5 Å². The van der Waals surface area contributed by atoms with Gasteiger partial charge in [-0.3, -0.25) is 4.79 Å². The fourth-order valence-corrected chi connectivity index (χ4v) is 2.54. The van der Waals surface area contributed by atoms with Gasteiger partial charge in [-0.2, -0.15) is 0 Å². The SMILES string of the molecule is CO/C=C(/C(=O)O)c1ccccc1Oc1cc(Oc2ccccc2C(N)=O)ncn1. The number of methoxy groups -OCH3 is 1. The summed E-state index contributed by atoms with van der Waals surface area (Å²) in [4.78, 5) is 31.1. The molecule has 0 atom stereocenters. The van der Waals surface area contributed by atoms with Crippen LogP contribution in [0.1, 0.15) is 15.9 Å². The monoisotopic (exact) mass is 407 g/mol. The van der Waals surface area contributed by atoms with Gasteiger partial charge in [0.15, 0.2) is 0 Å². The van der Waals surface area contributed by atoms with Crippen LogP contribution < -0.4 is 15.2 Å². The third-order valence-electron chi connectivity index (χ3n) is 3.84. The lowest BCUT2D eigenvalue weighted by Crippen LogP contribution is -2.12. The second-order valence-corrected chi connectivity index (χ2v) is 5.83. The molecule has 1 amide bonds. The molecule has 2 aromatic carbocycles. The van der Waals surface area contributed by atoms with Crippen LogP contribution in [0.15, 0.2) is 67.2 Å². The van der Waals surface area contributed by atoms with Crippen molar-refractivity contribution in [2.45, 2.75) is 0 Å². The van der Waals surface area contributed by atoms with Gasteiger partial charge in [0.1, 0.15) is 23.4 Å². The quantitative estimate of drug-likeness (QED) is 0.429. The molecule has 0 aliphatic carbocycles. The number of aliphatic carboxylic acids is 1. The van der Waals surface area contributed by atoms with Crippen LogP contribution in [0.5, 0.6) is 23.3 Å². The first kappa shape index (κ1) is 20.3. The molecule has 1 aromatic heterocycles. The van der Waals surface area contributed by atoms with Crippen molar-refractivity contribution < 1.29 is 28.9 Å². The molecule has 0 bridgehead atoms. The number of aromatic nitrogens is 2. The van der Waals surface area contributed by atoms with Crippen molar-refractivity contribution in [3.05, 3.63) is 78.3 Å². The molecule has 0 unspecified atom stereocenters. The first-order valence-electron chi connectivity index (χ1n) is 8.62. The summed E-state index contributed by atoms with van der Waals surface area (Å²) in [5.41, 5.74) is 5.76. The molecule has 0 fully saturated rings. The number of carboxylic acids is 1. The number of para-hydroxylation sites is 2. The van der Waals surface area contributed by atoms with Gasteiger partial charge in [0.25, 0.3) is 5.91 Å².